The van der Waals surface area contributed by atoms with Crippen LogP contribution in [0.1, 0.15) is 33.5 Å². The van der Waals surface area contributed by atoms with Crippen LogP contribution in [0.15, 0.2) is 47.6 Å². The second-order valence-corrected chi connectivity index (χ2v) is 7.02. The molecular formula is C22H23N3O4. The van der Waals surface area contributed by atoms with Gasteiger partial charge in [0.05, 0.1) is 24.8 Å². The van der Waals surface area contributed by atoms with Crippen molar-refractivity contribution in [3.05, 3.63) is 64.7 Å². The SMILES string of the molecule is COC(=O)c1ccc(/C=N\NC(=O)[C@@H]2CC(=O)N(c3ccc(C)c(C)c3)C2)cc1. The first-order valence-corrected chi connectivity index (χ1v) is 9.28. The Kier molecular flexibility index (Phi) is 6.07. The number of amides is 2. The first-order chi connectivity index (χ1) is 13.9. The van der Waals surface area contributed by atoms with Crippen LogP contribution in [0.2, 0.25) is 0 Å². The summed E-state index contributed by atoms with van der Waals surface area (Å²) in [5.74, 6) is -1.24. The van der Waals surface area contributed by atoms with Gasteiger partial charge in [-0.3, -0.25) is 9.59 Å². The van der Waals surface area contributed by atoms with E-state index in [1.54, 1.807) is 29.2 Å². The first-order valence-electron chi connectivity index (χ1n) is 9.28. The van der Waals surface area contributed by atoms with Gasteiger partial charge in [-0.15, -0.1) is 0 Å². The number of esters is 1. The summed E-state index contributed by atoms with van der Waals surface area (Å²) in [6.45, 7) is 4.34. The zero-order chi connectivity index (χ0) is 21.0. The summed E-state index contributed by atoms with van der Waals surface area (Å²) < 4.78 is 4.65. The van der Waals surface area contributed by atoms with E-state index in [4.69, 9.17) is 0 Å². The number of hydrazone groups is 1. The Morgan fingerprint density at radius 3 is 2.52 bits per heavy atom. The summed E-state index contributed by atoms with van der Waals surface area (Å²) >= 11 is 0. The number of anilines is 1. The molecule has 1 fully saturated rings. The summed E-state index contributed by atoms with van der Waals surface area (Å²) in [5, 5.41) is 3.96. The molecule has 1 aliphatic rings. The summed E-state index contributed by atoms with van der Waals surface area (Å²) in [6, 6.07) is 12.5. The largest absolute Gasteiger partial charge is 0.465 e. The standard InChI is InChI=1S/C22H23N3O4/c1-14-4-9-19(10-15(14)2)25-13-18(11-20(25)26)21(27)24-23-12-16-5-7-17(8-6-16)22(28)29-3/h4-10,12,18H,11,13H2,1-3H3,(H,24,27)/b23-12-/t18-/m1/s1. The Morgan fingerprint density at radius 1 is 1.14 bits per heavy atom. The minimum absolute atomic E-state index is 0.0734. The van der Waals surface area contributed by atoms with Crippen molar-refractivity contribution in [1.82, 2.24) is 5.43 Å². The van der Waals surface area contributed by atoms with Gasteiger partial charge in [0.1, 0.15) is 0 Å². The lowest BCUT2D eigenvalue weighted by atomic mass is 10.1. The lowest BCUT2D eigenvalue weighted by molar-refractivity contribution is -0.126. The number of aryl methyl sites for hydroxylation is 2. The van der Waals surface area contributed by atoms with E-state index >= 15 is 0 Å². The molecule has 1 aliphatic heterocycles. The molecule has 0 unspecified atom stereocenters. The molecule has 2 aromatic carbocycles. The van der Waals surface area contributed by atoms with Crippen LogP contribution in [-0.4, -0.2) is 37.7 Å². The number of benzene rings is 2. The molecule has 1 atom stereocenters. The van der Waals surface area contributed by atoms with Crippen molar-refractivity contribution in [2.75, 3.05) is 18.6 Å². The van der Waals surface area contributed by atoms with E-state index in [0.717, 1.165) is 22.4 Å². The van der Waals surface area contributed by atoms with Gasteiger partial charge in [0.25, 0.3) is 0 Å². The number of carbonyl (C=O) groups is 3. The van der Waals surface area contributed by atoms with Gasteiger partial charge in [-0.1, -0.05) is 18.2 Å². The molecule has 7 heteroatoms. The molecule has 2 amide bonds. The van der Waals surface area contributed by atoms with E-state index in [0.29, 0.717) is 12.1 Å². The fourth-order valence-electron chi connectivity index (χ4n) is 3.11. The molecule has 0 bridgehead atoms. The van der Waals surface area contributed by atoms with Gasteiger partial charge < -0.3 is 9.64 Å². The zero-order valence-electron chi connectivity index (χ0n) is 16.6. The average molecular weight is 393 g/mol. The quantitative estimate of drug-likeness (QED) is 0.480. The molecule has 150 valence electrons. The van der Waals surface area contributed by atoms with Crippen molar-refractivity contribution in [2.24, 2.45) is 11.0 Å². The highest BCUT2D eigenvalue weighted by Gasteiger charge is 2.35. The normalized spacial score (nSPS) is 16.3. The highest BCUT2D eigenvalue weighted by Crippen LogP contribution is 2.26. The van der Waals surface area contributed by atoms with Crippen LogP contribution in [0.5, 0.6) is 0 Å². The molecule has 3 rings (SSSR count). The molecule has 0 spiro atoms. The summed E-state index contributed by atoms with van der Waals surface area (Å²) in [7, 11) is 1.32. The Bertz CT molecular complexity index is 967. The van der Waals surface area contributed by atoms with Gasteiger partial charge in [-0.2, -0.15) is 5.10 Å². The summed E-state index contributed by atoms with van der Waals surface area (Å²) in [5.41, 5.74) is 6.72. The number of rotatable bonds is 5. The van der Waals surface area contributed by atoms with Crippen LogP contribution >= 0.6 is 0 Å². The molecule has 2 aromatic rings. The van der Waals surface area contributed by atoms with E-state index in [-0.39, 0.29) is 18.2 Å². The third kappa shape index (κ3) is 4.68. The van der Waals surface area contributed by atoms with E-state index in [1.807, 2.05) is 32.0 Å². The monoisotopic (exact) mass is 393 g/mol. The highest BCUT2D eigenvalue weighted by molar-refractivity contribution is 6.00. The van der Waals surface area contributed by atoms with Crippen LogP contribution in [-0.2, 0) is 14.3 Å². The first kappa shape index (κ1) is 20.3. The van der Waals surface area contributed by atoms with E-state index in [1.165, 1.54) is 13.3 Å². The third-order valence-corrected chi connectivity index (χ3v) is 5.02. The van der Waals surface area contributed by atoms with Crippen LogP contribution < -0.4 is 10.3 Å². The van der Waals surface area contributed by atoms with Crippen molar-refractivity contribution in [2.45, 2.75) is 20.3 Å². The van der Waals surface area contributed by atoms with E-state index < -0.39 is 11.9 Å². The van der Waals surface area contributed by atoms with E-state index in [2.05, 4.69) is 15.3 Å². The number of methoxy groups -OCH3 is 1. The number of hydrogen-bond acceptors (Lipinski definition) is 5. The molecule has 0 saturated carbocycles. The summed E-state index contributed by atoms with van der Waals surface area (Å²) in [4.78, 5) is 37.8. The Balaban J connectivity index is 1.58. The third-order valence-electron chi connectivity index (χ3n) is 5.02. The minimum Gasteiger partial charge on any atom is -0.465 e. The maximum absolute atomic E-state index is 12.4. The van der Waals surface area contributed by atoms with Crippen molar-refractivity contribution >= 4 is 29.7 Å². The maximum atomic E-state index is 12.4. The number of nitrogens with zero attached hydrogens (tertiary/aromatic N) is 2. The van der Waals surface area contributed by atoms with Gasteiger partial charge >= 0.3 is 5.97 Å². The van der Waals surface area contributed by atoms with Crippen molar-refractivity contribution in [3.8, 4) is 0 Å². The number of nitrogens with one attached hydrogen (secondary N) is 1. The van der Waals surface area contributed by atoms with Crippen LogP contribution in [0.3, 0.4) is 0 Å². The lowest BCUT2D eigenvalue weighted by Gasteiger charge is -2.17. The van der Waals surface area contributed by atoms with Crippen LogP contribution in [0, 0.1) is 19.8 Å². The number of hydrogen-bond donors (Lipinski definition) is 1. The smallest absolute Gasteiger partial charge is 0.337 e. The molecule has 7 nitrogen and oxygen atoms in total. The zero-order valence-corrected chi connectivity index (χ0v) is 16.6. The molecule has 0 aliphatic carbocycles. The maximum Gasteiger partial charge on any atom is 0.337 e. The van der Waals surface area contributed by atoms with Gasteiger partial charge in [0, 0.05) is 18.7 Å². The van der Waals surface area contributed by atoms with Crippen molar-refractivity contribution in [3.63, 3.8) is 0 Å². The van der Waals surface area contributed by atoms with Crippen LogP contribution in [0.25, 0.3) is 0 Å². The Labute approximate surface area is 169 Å². The van der Waals surface area contributed by atoms with Gasteiger partial charge in [0.15, 0.2) is 0 Å². The molecule has 1 saturated heterocycles. The molecule has 0 radical (unpaired) electrons. The van der Waals surface area contributed by atoms with Gasteiger partial charge in [-0.25, -0.2) is 10.2 Å². The molecular weight excluding hydrogens is 370 g/mol. The number of ether oxygens (including phenoxy) is 1. The predicted octanol–water partition coefficient (Wildman–Crippen LogP) is 2.59. The van der Waals surface area contributed by atoms with Crippen LogP contribution in [0.4, 0.5) is 5.69 Å². The van der Waals surface area contributed by atoms with E-state index in [9.17, 15) is 14.4 Å². The Morgan fingerprint density at radius 2 is 1.86 bits per heavy atom. The topological polar surface area (TPSA) is 88.1 Å². The lowest BCUT2D eigenvalue weighted by Crippen LogP contribution is -2.30. The Hall–Kier alpha value is -3.48. The van der Waals surface area contributed by atoms with Crippen molar-refractivity contribution in [1.29, 1.82) is 0 Å². The second-order valence-electron chi connectivity index (χ2n) is 7.02. The second kappa shape index (κ2) is 8.68. The predicted molar refractivity (Wildman–Crippen MR) is 110 cm³/mol. The number of carbonyl (C=O) groups excluding carboxylic acids is 3. The fraction of sp³-hybridized carbons (Fsp3) is 0.273. The van der Waals surface area contributed by atoms with Gasteiger partial charge in [-0.05, 0) is 54.8 Å². The van der Waals surface area contributed by atoms with Crippen molar-refractivity contribution < 1.29 is 19.1 Å². The molecule has 1 N–H and O–H groups in total. The minimum atomic E-state index is -0.456. The van der Waals surface area contributed by atoms with Gasteiger partial charge in [0.2, 0.25) is 11.8 Å². The average Bonchev–Trinajstić information content (AvgIpc) is 3.11. The molecule has 29 heavy (non-hydrogen) atoms. The molecule has 1 heterocycles. The fourth-order valence-corrected chi connectivity index (χ4v) is 3.11. The highest BCUT2D eigenvalue weighted by atomic mass is 16.5. The summed E-state index contributed by atoms with van der Waals surface area (Å²) in [6.07, 6.45) is 1.64. The molecule has 0 aromatic heterocycles.